The van der Waals surface area contributed by atoms with Crippen LogP contribution in [0.5, 0.6) is 0 Å². The van der Waals surface area contributed by atoms with Crippen molar-refractivity contribution in [1.82, 2.24) is 5.32 Å². The van der Waals surface area contributed by atoms with Gasteiger partial charge < -0.3 is 20.3 Å². The molecule has 0 aliphatic rings. The minimum atomic E-state index is -0.845. The molecular formula is C61H115NO5. The van der Waals surface area contributed by atoms with E-state index in [9.17, 15) is 19.8 Å². The standard InChI is InChI=1S/C61H115NO5/c1-3-5-7-9-11-13-15-16-31-35-39-43-47-51-55-61(66)67-56-52-48-44-40-36-32-29-27-25-23-21-19-17-18-20-22-24-26-28-30-34-38-42-46-50-54-60(65)62-58(57-63)59(64)53-49-45-41-37-33-14-12-10-8-6-4-2/h15-16,18,20,49,53,58-59,63-64H,3-14,17,19,21-48,50-52,54-57H2,1-2H3,(H,62,65)/b16-15-,20-18-,53-49+. The van der Waals surface area contributed by atoms with Crippen LogP contribution in [-0.2, 0) is 14.3 Å². The molecule has 0 saturated heterocycles. The summed E-state index contributed by atoms with van der Waals surface area (Å²) in [5, 5.41) is 23.0. The van der Waals surface area contributed by atoms with E-state index in [0.717, 1.165) is 44.9 Å². The maximum Gasteiger partial charge on any atom is 0.305 e. The average Bonchev–Trinajstić information content (AvgIpc) is 3.33. The minimum absolute atomic E-state index is 0.00415. The molecule has 2 unspecified atom stereocenters. The van der Waals surface area contributed by atoms with Crippen LogP contribution in [-0.4, -0.2) is 47.4 Å². The Morgan fingerprint density at radius 2 is 0.701 bits per heavy atom. The number of ether oxygens (including phenoxy) is 1. The second-order valence-corrected chi connectivity index (χ2v) is 20.3. The van der Waals surface area contributed by atoms with Gasteiger partial charge in [-0.05, 0) is 83.5 Å². The van der Waals surface area contributed by atoms with E-state index >= 15 is 0 Å². The molecule has 0 bridgehead atoms. The number of aliphatic hydroxyl groups excluding tert-OH is 2. The van der Waals surface area contributed by atoms with E-state index in [4.69, 9.17) is 4.74 Å². The monoisotopic (exact) mass is 942 g/mol. The molecule has 6 nitrogen and oxygen atoms in total. The van der Waals surface area contributed by atoms with Gasteiger partial charge in [0.2, 0.25) is 5.91 Å². The molecule has 2 atom stereocenters. The van der Waals surface area contributed by atoms with E-state index in [0.29, 0.717) is 19.4 Å². The van der Waals surface area contributed by atoms with Crippen LogP contribution in [0, 0.1) is 0 Å². The average molecular weight is 943 g/mol. The molecule has 0 aliphatic heterocycles. The first-order chi connectivity index (χ1) is 33.0. The summed E-state index contributed by atoms with van der Waals surface area (Å²) in [6.07, 6.45) is 70.4. The van der Waals surface area contributed by atoms with Gasteiger partial charge in [0.1, 0.15) is 0 Å². The highest BCUT2D eigenvalue weighted by atomic mass is 16.5. The predicted octanol–water partition coefficient (Wildman–Crippen LogP) is 18.4. The van der Waals surface area contributed by atoms with Crippen LogP contribution < -0.4 is 5.32 Å². The highest BCUT2D eigenvalue weighted by Gasteiger charge is 2.18. The van der Waals surface area contributed by atoms with Crippen LogP contribution in [0.4, 0.5) is 0 Å². The summed E-state index contributed by atoms with van der Waals surface area (Å²) in [6, 6.07) is -0.629. The van der Waals surface area contributed by atoms with Gasteiger partial charge in [-0.25, -0.2) is 0 Å². The smallest absolute Gasteiger partial charge is 0.305 e. The van der Waals surface area contributed by atoms with E-state index in [1.165, 1.54) is 244 Å². The lowest BCUT2D eigenvalue weighted by Gasteiger charge is -2.20. The second kappa shape index (κ2) is 56.7. The molecule has 6 heteroatoms. The second-order valence-electron chi connectivity index (χ2n) is 20.3. The molecule has 0 spiro atoms. The third kappa shape index (κ3) is 53.3. The maximum atomic E-state index is 12.4. The van der Waals surface area contributed by atoms with Gasteiger partial charge in [-0.15, -0.1) is 0 Å². The van der Waals surface area contributed by atoms with Gasteiger partial charge in [0.05, 0.1) is 25.4 Å². The Kier molecular flexibility index (Phi) is 55.0. The SMILES string of the molecule is CCCCCCC/C=C\CCCCCCCC(=O)OCCCCCCCCCCCCCC/C=C\CCCCCCCCCCCC(=O)NC(CO)C(O)/C=C/CCCCCCCCCCC. The number of esters is 1. The van der Waals surface area contributed by atoms with Crippen molar-refractivity contribution >= 4 is 11.9 Å². The molecule has 0 rings (SSSR count). The summed E-state index contributed by atoms with van der Waals surface area (Å²) in [6.45, 7) is 4.88. The van der Waals surface area contributed by atoms with Crippen LogP contribution in [0.25, 0.3) is 0 Å². The summed E-state index contributed by atoms with van der Waals surface area (Å²) >= 11 is 0. The minimum Gasteiger partial charge on any atom is -0.466 e. The largest absolute Gasteiger partial charge is 0.466 e. The van der Waals surface area contributed by atoms with E-state index < -0.39 is 12.1 Å². The van der Waals surface area contributed by atoms with Gasteiger partial charge >= 0.3 is 5.97 Å². The molecule has 3 N–H and O–H groups in total. The number of carbonyl (C=O) groups is 2. The molecule has 1 amide bonds. The number of amides is 1. The molecule has 0 saturated carbocycles. The Hall–Kier alpha value is -1.92. The summed E-state index contributed by atoms with van der Waals surface area (Å²) in [5.41, 5.74) is 0. The first-order valence-corrected chi connectivity index (χ1v) is 29.8. The third-order valence-electron chi connectivity index (χ3n) is 13.6. The number of unbranched alkanes of at least 4 members (excludes halogenated alkanes) is 40. The number of nitrogens with one attached hydrogen (secondary N) is 1. The zero-order valence-corrected chi connectivity index (χ0v) is 44.9. The lowest BCUT2D eigenvalue weighted by atomic mass is 10.0. The maximum absolute atomic E-state index is 12.4. The summed E-state index contributed by atoms with van der Waals surface area (Å²) in [4.78, 5) is 24.4. The normalized spacial score (nSPS) is 12.8. The number of rotatable bonds is 55. The molecule has 0 aliphatic carbocycles. The van der Waals surface area contributed by atoms with Crippen molar-refractivity contribution in [3.63, 3.8) is 0 Å². The number of allylic oxidation sites excluding steroid dienone is 5. The molecule has 0 aromatic carbocycles. The van der Waals surface area contributed by atoms with Gasteiger partial charge in [0.15, 0.2) is 0 Å². The first kappa shape index (κ1) is 65.1. The third-order valence-corrected chi connectivity index (χ3v) is 13.6. The van der Waals surface area contributed by atoms with Gasteiger partial charge in [-0.2, -0.15) is 0 Å². The van der Waals surface area contributed by atoms with Crippen LogP contribution in [0.2, 0.25) is 0 Å². The van der Waals surface area contributed by atoms with E-state index in [2.05, 4.69) is 43.5 Å². The molecule has 67 heavy (non-hydrogen) atoms. The lowest BCUT2D eigenvalue weighted by Crippen LogP contribution is -2.45. The van der Waals surface area contributed by atoms with Crippen molar-refractivity contribution in [1.29, 1.82) is 0 Å². The highest BCUT2D eigenvalue weighted by Crippen LogP contribution is 2.16. The van der Waals surface area contributed by atoms with Crippen molar-refractivity contribution in [3.05, 3.63) is 36.5 Å². The van der Waals surface area contributed by atoms with Crippen LogP contribution in [0.15, 0.2) is 36.5 Å². The topological polar surface area (TPSA) is 95.9 Å². The Balaban J connectivity index is 3.40. The molecule has 0 aromatic heterocycles. The zero-order chi connectivity index (χ0) is 48.6. The van der Waals surface area contributed by atoms with Gasteiger partial charge in [0, 0.05) is 12.8 Å². The summed E-state index contributed by atoms with van der Waals surface area (Å²) in [7, 11) is 0. The van der Waals surface area contributed by atoms with Crippen LogP contribution >= 0.6 is 0 Å². The molecule has 0 heterocycles. The van der Waals surface area contributed by atoms with Crippen molar-refractivity contribution in [2.45, 2.75) is 328 Å². The van der Waals surface area contributed by atoms with Gasteiger partial charge in [0.25, 0.3) is 0 Å². The lowest BCUT2D eigenvalue weighted by molar-refractivity contribution is -0.143. The fourth-order valence-corrected chi connectivity index (χ4v) is 9.03. The van der Waals surface area contributed by atoms with Crippen molar-refractivity contribution in [2.24, 2.45) is 0 Å². The zero-order valence-electron chi connectivity index (χ0n) is 44.9. The van der Waals surface area contributed by atoms with Crippen LogP contribution in [0.1, 0.15) is 316 Å². The van der Waals surface area contributed by atoms with E-state index in [-0.39, 0.29) is 18.5 Å². The fourth-order valence-electron chi connectivity index (χ4n) is 9.03. The molecule has 0 radical (unpaired) electrons. The Morgan fingerprint density at radius 1 is 0.403 bits per heavy atom. The quantitative estimate of drug-likeness (QED) is 0.0321. The molecule has 0 aromatic rings. The fraction of sp³-hybridized carbons (Fsp3) is 0.869. The summed E-state index contributed by atoms with van der Waals surface area (Å²) < 4.78 is 5.47. The Bertz CT molecular complexity index is 1090. The Morgan fingerprint density at radius 3 is 1.06 bits per heavy atom. The first-order valence-electron chi connectivity index (χ1n) is 29.8. The number of aliphatic hydroxyl groups is 2. The van der Waals surface area contributed by atoms with Gasteiger partial charge in [-0.1, -0.05) is 256 Å². The molecule has 0 fully saturated rings. The van der Waals surface area contributed by atoms with E-state index in [1.807, 2.05) is 6.08 Å². The van der Waals surface area contributed by atoms with E-state index in [1.54, 1.807) is 6.08 Å². The van der Waals surface area contributed by atoms with Crippen molar-refractivity contribution in [3.8, 4) is 0 Å². The number of hydrogen-bond acceptors (Lipinski definition) is 5. The summed E-state index contributed by atoms with van der Waals surface area (Å²) in [5.74, 6) is -0.0681. The molecule has 394 valence electrons. The Labute approximate surface area is 417 Å². The number of hydrogen-bond donors (Lipinski definition) is 3. The van der Waals surface area contributed by atoms with Crippen molar-refractivity contribution < 1.29 is 24.5 Å². The predicted molar refractivity (Wildman–Crippen MR) is 292 cm³/mol. The van der Waals surface area contributed by atoms with Crippen molar-refractivity contribution in [2.75, 3.05) is 13.2 Å². The number of carbonyl (C=O) groups excluding carboxylic acids is 2. The van der Waals surface area contributed by atoms with Crippen LogP contribution in [0.3, 0.4) is 0 Å². The molecular weight excluding hydrogens is 827 g/mol. The van der Waals surface area contributed by atoms with Gasteiger partial charge in [-0.3, -0.25) is 9.59 Å². The highest BCUT2D eigenvalue weighted by molar-refractivity contribution is 5.76.